The van der Waals surface area contributed by atoms with Crippen LogP contribution in [0.5, 0.6) is 5.75 Å². The second-order valence-electron chi connectivity index (χ2n) is 4.88. The van der Waals surface area contributed by atoms with Crippen molar-refractivity contribution in [2.75, 3.05) is 0 Å². The van der Waals surface area contributed by atoms with Gasteiger partial charge in [-0.05, 0) is 46.1 Å². The summed E-state index contributed by atoms with van der Waals surface area (Å²) in [5, 5.41) is 9.27. The van der Waals surface area contributed by atoms with E-state index in [1.807, 2.05) is 12.1 Å². The van der Waals surface area contributed by atoms with E-state index in [4.69, 9.17) is 5.73 Å². The summed E-state index contributed by atoms with van der Waals surface area (Å²) < 4.78 is 13.9. The fourth-order valence-corrected chi connectivity index (χ4v) is 2.51. The normalized spacial score (nSPS) is 12.7. The molecular formula is C15H13BrFN3O. The predicted octanol–water partition coefficient (Wildman–Crippen LogP) is 3.41. The van der Waals surface area contributed by atoms with Gasteiger partial charge in [0.25, 0.3) is 0 Å². The van der Waals surface area contributed by atoms with Crippen LogP contribution in [0.4, 0.5) is 4.39 Å². The third-order valence-corrected chi connectivity index (χ3v) is 3.89. The topological polar surface area (TPSA) is 74.9 Å². The minimum absolute atomic E-state index is 0.219. The highest BCUT2D eigenvalue weighted by Gasteiger charge is 2.13. The number of aromatic amines is 1. The number of phenolic OH excluding ortho intramolecular Hbond substituents is 1. The maximum atomic E-state index is 13.5. The molecule has 3 aromatic rings. The smallest absolute Gasteiger partial charge is 0.139 e. The van der Waals surface area contributed by atoms with Crippen molar-refractivity contribution in [3.05, 3.63) is 58.1 Å². The maximum absolute atomic E-state index is 13.5. The summed E-state index contributed by atoms with van der Waals surface area (Å²) in [7, 11) is 0. The molecule has 1 unspecified atom stereocenters. The van der Waals surface area contributed by atoms with Crippen molar-refractivity contribution >= 4 is 27.0 Å². The Hall–Kier alpha value is -1.92. The van der Waals surface area contributed by atoms with Crippen LogP contribution in [0.15, 0.2) is 40.9 Å². The second kappa shape index (κ2) is 5.46. The Balaban J connectivity index is 1.87. The van der Waals surface area contributed by atoms with Crippen LogP contribution in [0.25, 0.3) is 11.0 Å². The van der Waals surface area contributed by atoms with Gasteiger partial charge in [0.05, 0.1) is 21.5 Å². The molecule has 0 aliphatic heterocycles. The molecule has 21 heavy (non-hydrogen) atoms. The first-order chi connectivity index (χ1) is 10.0. The molecule has 1 aromatic heterocycles. The third kappa shape index (κ3) is 2.91. The number of imidazole rings is 1. The van der Waals surface area contributed by atoms with Crippen LogP contribution in [0, 0.1) is 5.82 Å². The number of aromatic nitrogens is 2. The van der Waals surface area contributed by atoms with Crippen molar-refractivity contribution in [3.8, 4) is 5.75 Å². The molecule has 0 saturated heterocycles. The summed E-state index contributed by atoms with van der Waals surface area (Å²) in [6, 6.07) is 9.55. The van der Waals surface area contributed by atoms with E-state index in [1.54, 1.807) is 18.2 Å². The Morgan fingerprint density at radius 3 is 2.71 bits per heavy atom. The lowest BCUT2D eigenvalue weighted by Gasteiger charge is -2.08. The molecule has 0 spiro atoms. The molecule has 108 valence electrons. The zero-order valence-corrected chi connectivity index (χ0v) is 12.6. The highest BCUT2D eigenvalue weighted by molar-refractivity contribution is 9.10. The minimum Gasteiger partial charge on any atom is -0.508 e. The average molecular weight is 350 g/mol. The van der Waals surface area contributed by atoms with Crippen molar-refractivity contribution in [1.82, 2.24) is 9.97 Å². The maximum Gasteiger partial charge on any atom is 0.139 e. The number of phenols is 1. The lowest BCUT2D eigenvalue weighted by Crippen LogP contribution is -2.14. The van der Waals surface area contributed by atoms with Crippen LogP contribution in [0.3, 0.4) is 0 Å². The molecule has 1 atom stereocenters. The zero-order chi connectivity index (χ0) is 15.0. The van der Waals surface area contributed by atoms with Gasteiger partial charge >= 0.3 is 0 Å². The standard InChI is InChI=1S/C15H13BrFN3O/c16-10-6-13-14(7-11(10)17)20-15(19-13)12(18)5-8-1-3-9(21)4-2-8/h1-4,6-7,12,21H,5,18H2,(H,19,20). The van der Waals surface area contributed by atoms with Crippen LogP contribution >= 0.6 is 15.9 Å². The number of benzene rings is 2. The van der Waals surface area contributed by atoms with Crippen LogP contribution in [0.2, 0.25) is 0 Å². The SMILES string of the molecule is NC(Cc1ccc(O)cc1)c1nc2cc(Br)c(F)cc2[nH]1. The molecule has 0 amide bonds. The van der Waals surface area contributed by atoms with E-state index in [1.165, 1.54) is 6.07 Å². The average Bonchev–Trinajstić information content (AvgIpc) is 2.85. The quantitative estimate of drug-likeness (QED) is 0.678. The summed E-state index contributed by atoms with van der Waals surface area (Å²) in [4.78, 5) is 7.45. The number of nitrogens with zero attached hydrogens (tertiary/aromatic N) is 1. The Kier molecular flexibility index (Phi) is 3.65. The second-order valence-corrected chi connectivity index (χ2v) is 5.74. The highest BCUT2D eigenvalue weighted by Crippen LogP contribution is 2.24. The van der Waals surface area contributed by atoms with E-state index in [0.29, 0.717) is 27.8 Å². The van der Waals surface area contributed by atoms with Crippen molar-refractivity contribution in [2.45, 2.75) is 12.5 Å². The highest BCUT2D eigenvalue weighted by atomic mass is 79.9. The van der Waals surface area contributed by atoms with E-state index in [9.17, 15) is 9.50 Å². The molecule has 0 fully saturated rings. The van der Waals surface area contributed by atoms with E-state index in [2.05, 4.69) is 25.9 Å². The molecular weight excluding hydrogens is 337 g/mol. The molecule has 1 heterocycles. The number of aromatic hydroxyl groups is 1. The molecule has 0 saturated carbocycles. The summed E-state index contributed by atoms with van der Waals surface area (Å²) in [6.45, 7) is 0. The monoisotopic (exact) mass is 349 g/mol. The first kappa shape index (κ1) is 14.0. The minimum atomic E-state index is -0.343. The van der Waals surface area contributed by atoms with Crippen LogP contribution < -0.4 is 5.73 Å². The number of nitrogens with two attached hydrogens (primary N) is 1. The van der Waals surface area contributed by atoms with Crippen molar-refractivity contribution in [3.63, 3.8) is 0 Å². The first-order valence-electron chi connectivity index (χ1n) is 6.41. The van der Waals surface area contributed by atoms with Gasteiger partial charge < -0.3 is 15.8 Å². The van der Waals surface area contributed by atoms with Gasteiger partial charge in [-0.2, -0.15) is 0 Å². The van der Waals surface area contributed by atoms with Gasteiger partial charge in [0, 0.05) is 6.07 Å². The molecule has 4 nitrogen and oxygen atoms in total. The molecule has 3 rings (SSSR count). The first-order valence-corrected chi connectivity index (χ1v) is 7.20. The molecule has 6 heteroatoms. The van der Waals surface area contributed by atoms with Crippen LogP contribution in [-0.4, -0.2) is 15.1 Å². The Labute approximate surface area is 128 Å². The van der Waals surface area contributed by atoms with Crippen LogP contribution in [0.1, 0.15) is 17.4 Å². The third-order valence-electron chi connectivity index (χ3n) is 3.29. The lowest BCUT2D eigenvalue weighted by atomic mass is 10.1. The molecule has 2 aromatic carbocycles. The number of rotatable bonds is 3. The summed E-state index contributed by atoms with van der Waals surface area (Å²) in [6.07, 6.45) is 0.573. The van der Waals surface area contributed by atoms with E-state index in [-0.39, 0.29) is 17.6 Å². The number of halogens is 2. The van der Waals surface area contributed by atoms with Crippen molar-refractivity contribution in [1.29, 1.82) is 0 Å². The van der Waals surface area contributed by atoms with Gasteiger partial charge in [-0.25, -0.2) is 9.37 Å². The number of hydrogen-bond acceptors (Lipinski definition) is 3. The van der Waals surface area contributed by atoms with Gasteiger partial charge in [0.15, 0.2) is 0 Å². The number of nitrogens with one attached hydrogen (secondary N) is 1. The van der Waals surface area contributed by atoms with Gasteiger partial charge in [-0.1, -0.05) is 12.1 Å². The molecule has 4 N–H and O–H groups in total. The number of fused-ring (bicyclic) bond motifs is 1. The fourth-order valence-electron chi connectivity index (χ4n) is 2.18. The predicted molar refractivity (Wildman–Crippen MR) is 82.5 cm³/mol. The largest absolute Gasteiger partial charge is 0.508 e. The van der Waals surface area contributed by atoms with E-state index in [0.717, 1.165) is 5.56 Å². The lowest BCUT2D eigenvalue weighted by molar-refractivity contribution is 0.475. The zero-order valence-electron chi connectivity index (χ0n) is 11.0. The number of H-pyrrole nitrogens is 1. The summed E-state index contributed by atoms with van der Waals surface area (Å²) in [5.74, 6) is 0.483. The Morgan fingerprint density at radius 2 is 2.00 bits per heavy atom. The molecule has 0 bridgehead atoms. The summed E-state index contributed by atoms with van der Waals surface area (Å²) in [5.41, 5.74) is 8.42. The molecule has 0 radical (unpaired) electrons. The van der Waals surface area contributed by atoms with Crippen molar-refractivity contribution < 1.29 is 9.50 Å². The molecule has 0 aliphatic rings. The van der Waals surface area contributed by atoms with E-state index < -0.39 is 0 Å². The summed E-state index contributed by atoms with van der Waals surface area (Å²) >= 11 is 3.14. The fraction of sp³-hybridized carbons (Fsp3) is 0.133. The van der Waals surface area contributed by atoms with Crippen LogP contribution in [-0.2, 0) is 6.42 Å². The van der Waals surface area contributed by atoms with Gasteiger partial charge in [0.2, 0.25) is 0 Å². The Bertz CT molecular complexity index is 746. The van der Waals surface area contributed by atoms with Gasteiger partial charge in [-0.15, -0.1) is 0 Å². The van der Waals surface area contributed by atoms with Gasteiger partial charge in [-0.3, -0.25) is 0 Å². The molecule has 0 aliphatic carbocycles. The Morgan fingerprint density at radius 1 is 1.29 bits per heavy atom. The van der Waals surface area contributed by atoms with Gasteiger partial charge in [0.1, 0.15) is 17.4 Å². The van der Waals surface area contributed by atoms with E-state index >= 15 is 0 Å². The van der Waals surface area contributed by atoms with Crippen molar-refractivity contribution in [2.24, 2.45) is 5.73 Å². The number of hydrogen-bond donors (Lipinski definition) is 3.